The van der Waals surface area contributed by atoms with Crippen LogP contribution in [0.5, 0.6) is 0 Å². The number of nitrogen functional groups attached to an aromatic ring is 2. The van der Waals surface area contributed by atoms with Crippen molar-refractivity contribution in [1.29, 1.82) is 0 Å². The Morgan fingerprint density at radius 1 is 0.889 bits per heavy atom. The van der Waals surface area contributed by atoms with Gasteiger partial charge in [0, 0.05) is 24.9 Å². The molecular formula is C15H18N2O. The predicted octanol–water partition coefficient (Wildman–Crippen LogP) is 2.78. The van der Waals surface area contributed by atoms with Gasteiger partial charge in [-0.3, -0.25) is 0 Å². The minimum absolute atomic E-state index is 0.0363. The summed E-state index contributed by atoms with van der Waals surface area (Å²) in [7, 11) is 1.72. The molecule has 0 bridgehead atoms. The summed E-state index contributed by atoms with van der Waals surface area (Å²) in [5.74, 6) is 0. The molecule has 0 amide bonds. The Labute approximate surface area is 107 Å². The molecule has 1 unspecified atom stereocenters. The molecule has 2 aromatic carbocycles. The molecule has 3 heteroatoms. The zero-order valence-electron chi connectivity index (χ0n) is 10.5. The van der Waals surface area contributed by atoms with Crippen molar-refractivity contribution in [1.82, 2.24) is 0 Å². The molecule has 1 atom stereocenters. The third kappa shape index (κ3) is 3.02. The van der Waals surface area contributed by atoms with Crippen LogP contribution in [0.25, 0.3) is 0 Å². The van der Waals surface area contributed by atoms with Crippen LogP contribution in [-0.2, 0) is 11.2 Å². The highest BCUT2D eigenvalue weighted by atomic mass is 16.5. The third-order valence-electron chi connectivity index (χ3n) is 2.99. The molecule has 0 saturated heterocycles. The highest BCUT2D eigenvalue weighted by molar-refractivity contribution is 5.41. The van der Waals surface area contributed by atoms with Gasteiger partial charge in [0.25, 0.3) is 0 Å². The van der Waals surface area contributed by atoms with E-state index in [0.29, 0.717) is 0 Å². The van der Waals surface area contributed by atoms with Gasteiger partial charge in [-0.25, -0.2) is 0 Å². The van der Waals surface area contributed by atoms with Crippen LogP contribution in [0.2, 0.25) is 0 Å². The van der Waals surface area contributed by atoms with Crippen LogP contribution in [0.3, 0.4) is 0 Å². The molecule has 0 aromatic heterocycles. The van der Waals surface area contributed by atoms with Crippen LogP contribution in [0, 0.1) is 0 Å². The maximum atomic E-state index is 5.68. The van der Waals surface area contributed by atoms with Crippen LogP contribution < -0.4 is 11.5 Å². The van der Waals surface area contributed by atoms with Crippen molar-refractivity contribution in [3.05, 3.63) is 59.7 Å². The Morgan fingerprint density at radius 3 is 1.89 bits per heavy atom. The summed E-state index contributed by atoms with van der Waals surface area (Å²) in [5, 5.41) is 0. The molecule has 18 heavy (non-hydrogen) atoms. The maximum Gasteiger partial charge on any atom is 0.0861 e. The Morgan fingerprint density at radius 2 is 1.39 bits per heavy atom. The van der Waals surface area contributed by atoms with Crippen LogP contribution in [-0.4, -0.2) is 7.11 Å². The van der Waals surface area contributed by atoms with E-state index < -0.39 is 0 Å². The molecule has 0 aliphatic carbocycles. The Kier molecular flexibility index (Phi) is 3.85. The highest BCUT2D eigenvalue weighted by Gasteiger charge is 2.11. The van der Waals surface area contributed by atoms with Gasteiger partial charge in [-0.1, -0.05) is 24.3 Å². The summed E-state index contributed by atoms with van der Waals surface area (Å²) in [6, 6.07) is 15.7. The van der Waals surface area contributed by atoms with E-state index in [1.54, 1.807) is 7.11 Å². The van der Waals surface area contributed by atoms with E-state index in [4.69, 9.17) is 16.2 Å². The van der Waals surface area contributed by atoms with Gasteiger partial charge in [-0.15, -0.1) is 0 Å². The molecule has 94 valence electrons. The fourth-order valence-electron chi connectivity index (χ4n) is 1.92. The van der Waals surface area contributed by atoms with E-state index in [1.807, 2.05) is 48.5 Å². The molecule has 3 nitrogen and oxygen atoms in total. The number of nitrogens with two attached hydrogens (primary N) is 2. The van der Waals surface area contributed by atoms with Gasteiger partial charge in [0.05, 0.1) is 6.10 Å². The zero-order chi connectivity index (χ0) is 13.0. The summed E-state index contributed by atoms with van der Waals surface area (Å²) in [5.41, 5.74) is 15.2. The summed E-state index contributed by atoms with van der Waals surface area (Å²) in [6.45, 7) is 0. The molecule has 0 spiro atoms. The first-order valence-corrected chi connectivity index (χ1v) is 5.91. The molecule has 0 aliphatic heterocycles. The highest BCUT2D eigenvalue weighted by Crippen LogP contribution is 2.23. The van der Waals surface area contributed by atoms with Crippen LogP contribution in [0.15, 0.2) is 48.5 Å². The maximum absolute atomic E-state index is 5.68. The second-order valence-corrected chi connectivity index (χ2v) is 4.34. The van der Waals surface area contributed by atoms with Crippen molar-refractivity contribution in [2.75, 3.05) is 18.6 Å². The quantitative estimate of drug-likeness (QED) is 0.810. The molecule has 0 saturated carbocycles. The molecule has 0 radical (unpaired) electrons. The number of hydrogen-bond acceptors (Lipinski definition) is 3. The number of hydrogen-bond donors (Lipinski definition) is 2. The lowest BCUT2D eigenvalue weighted by Gasteiger charge is -2.16. The van der Waals surface area contributed by atoms with Crippen LogP contribution in [0.4, 0.5) is 11.4 Å². The first-order valence-electron chi connectivity index (χ1n) is 5.91. The lowest BCUT2D eigenvalue weighted by atomic mass is 10.0. The van der Waals surface area contributed by atoms with Gasteiger partial charge in [0.2, 0.25) is 0 Å². The minimum Gasteiger partial charge on any atom is -0.399 e. The van der Waals surface area contributed by atoms with Gasteiger partial charge in [0.15, 0.2) is 0 Å². The summed E-state index contributed by atoms with van der Waals surface area (Å²) in [4.78, 5) is 0. The van der Waals surface area contributed by atoms with Crippen molar-refractivity contribution in [3.8, 4) is 0 Å². The molecule has 0 aliphatic rings. The van der Waals surface area contributed by atoms with Crippen molar-refractivity contribution in [3.63, 3.8) is 0 Å². The standard InChI is InChI=1S/C15H18N2O/c1-18-15(12-4-8-14(17)9-5-12)10-11-2-6-13(16)7-3-11/h2-9,15H,10,16-17H2,1H3. The van der Waals surface area contributed by atoms with Crippen molar-refractivity contribution in [2.45, 2.75) is 12.5 Å². The normalized spacial score (nSPS) is 12.3. The monoisotopic (exact) mass is 242 g/mol. The van der Waals surface area contributed by atoms with E-state index in [-0.39, 0.29) is 6.10 Å². The van der Waals surface area contributed by atoms with Crippen molar-refractivity contribution in [2.24, 2.45) is 0 Å². The molecular weight excluding hydrogens is 224 g/mol. The lowest BCUT2D eigenvalue weighted by Crippen LogP contribution is -2.05. The second kappa shape index (κ2) is 5.56. The Hall–Kier alpha value is -2.00. The number of rotatable bonds is 4. The number of ether oxygens (including phenoxy) is 1. The smallest absolute Gasteiger partial charge is 0.0861 e. The first-order chi connectivity index (χ1) is 8.69. The lowest BCUT2D eigenvalue weighted by molar-refractivity contribution is 0.104. The average Bonchev–Trinajstić information content (AvgIpc) is 2.39. The van der Waals surface area contributed by atoms with Crippen molar-refractivity contribution < 1.29 is 4.74 Å². The topological polar surface area (TPSA) is 61.3 Å². The van der Waals surface area contributed by atoms with Crippen LogP contribution in [0.1, 0.15) is 17.2 Å². The third-order valence-corrected chi connectivity index (χ3v) is 2.99. The molecule has 2 rings (SSSR count). The fraction of sp³-hybridized carbons (Fsp3) is 0.200. The number of methoxy groups -OCH3 is 1. The molecule has 0 fully saturated rings. The Balaban J connectivity index is 2.14. The molecule has 4 N–H and O–H groups in total. The average molecular weight is 242 g/mol. The first kappa shape index (κ1) is 12.5. The SMILES string of the molecule is COC(Cc1ccc(N)cc1)c1ccc(N)cc1. The van der Waals surface area contributed by atoms with E-state index in [9.17, 15) is 0 Å². The number of benzene rings is 2. The summed E-state index contributed by atoms with van der Waals surface area (Å²) < 4.78 is 5.54. The van der Waals surface area contributed by atoms with E-state index in [2.05, 4.69) is 0 Å². The van der Waals surface area contributed by atoms with E-state index in [0.717, 1.165) is 23.4 Å². The zero-order valence-corrected chi connectivity index (χ0v) is 10.5. The molecule has 2 aromatic rings. The second-order valence-electron chi connectivity index (χ2n) is 4.34. The van der Waals surface area contributed by atoms with Gasteiger partial charge in [0.1, 0.15) is 0 Å². The minimum atomic E-state index is 0.0363. The van der Waals surface area contributed by atoms with E-state index in [1.165, 1.54) is 5.56 Å². The van der Waals surface area contributed by atoms with E-state index >= 15 is 0 Å². The van der Waals surface area contributed by atoms with Gasteiger partial charge in [-0.2, -0.15) is 0 Å². The largest absolute Gasteiger partial charge is 0.399 e. The van der Waals surface area contributed by atoms with Gasteiger partial charge >= 0.3 is 0 Å². The predicted molar refractivity (Wildman–Crippen MR) is 75.2 cm³/mol. The van der Waals surface area contributed by atoms with Crippen LogP contribution >= 0.6 is 0 Å². The van der Waals surface area contributed by atoms with Gasteiger partial charge in [-0.05, 0) is 35.4 Å². The summed E-state index contributed by atoms with van der Waals surface area (Å²) >= 11 is 0. The van der Waals surface area contributed by atoms with Gasteiger partial charge < -0.3 is 16.2 Å². The molecule has 0 heterocycles. The Bertz CT molecular complexity index is 491. The fourth-order valence-corrected chi connectivity index (χ4v) is 1.92. The number of anilines is 2. The summed E-state index contributed by atoms with van der Waals surface area (Å²) in [6.07, 6.45) is 0.856. The van der Waals surface area contributed by atoms with Crippen molar-refractivity contribution >= 4 is 11.4 Å².